The van der Waals surface area contributed by atoms with E-state index in [1.165, 1.54) is 0 Å². The molecule has 1 aromatic heterocycles. The monoisotopic (exact) mass is 306 g/mol. The molecule has 2 aromatic rings. The van der Waals surface area contributed by atoms with Gasteiger partial charge in [0.05, 0.1) is 0 Å². The van der Waals surface area contributed by atoms with Crippen LogP contribution in [0.5, 0.6) is 0 Å². The van der Waals surface area contributed by atoms with Crippen molar-refractivity contribution < 1.29 is 9.42 Å². The summed E-state index contributed by atoms with van der Waals surface area (Å²) in [5.41, 5.74) is 6.70. The van der Waals surface area contributed by atoms with Crippen LogP contribution in [-0.4, -0.2) is 22.1 Å². The zero-order valence-electron chi connectivity index (χ0n) is 11.3. The van der Waals surface area contributed by atoms with Crippen molar-refractivity contribution in [1.29, 1.82) is 0 Å². The average Bonchev–Trinajstić information content (AvgIpc) is 2.84. The number of nitrogens with two attached hydrogens (primary N) is 1. The molecule has 1 aromatic carbocycles. The number of carbonyl (C=O) groups is 1. The van der Waals surface area contributed by atoms with Gasteiger partial charge < -0.3 is 11.1 Å². The summed E-state index contributed by atoms with van der Waals surface area (Å²) in [6.07, 6.45) is 1.78. The molecule has 3 N–H and O–H groups in total. The fourth-order valence-electron chi connectivity index (χ4n) is 2.76. The number of carbonyl (C=O) groups excluding carboxylic acids is 1. The second-order valence-corrected chi connectivity index (χ2v) is 5.71. The quantitative estimate of drug-likeness (QED) is 0.905. The summed E-state index contributed by atoms with van der Waals surface area (Å²) in [6.45, 7) is 0. The maximum absolute atomic E-state index is 12.0. The van der Waals surface area contributed by atoms with Gasteiger partial charge in [-0.15, -0.1) is 0 Å². The number of rotatable bonds is 3. The Labute approximate surface area is 126 Å². The third kappa shape index (κ3) is 3.16. The van der Waals surface area contributed by atoms with Crippen LogP contribution in [0.3, 0.4) is 0 Å². The van der Waals surface area contributed by atoms with Crippen molar-refractivity contribution in [3.63, 3.8) is 0 Å². The minimum atomic E-state index is -0.0376. The highest BCUT2D eigenvalue weighted by Gasteiger charge is 2.29. The minimum Gasteiger partial charge on any atom is -0.378 e. The molecule has 0 spiro atoms. The maximum Gasteiger partial charge on any atom is 0.215 e. The zero-order chi connectivity index (χ0) is 14.8. The third-order valence-electron chi connectivity index (χ3n) is 3.69. The van der Waals surface area contributed by atoms with E-state index in [2.05, 4.69) is 20.3 Å². The highest BCUT2D eigenvalue weighted by atomic mass is 35.5. The number of nitrogens with zero attached hydrogens (tertiary/aromatic N) is 2. The normalized spacial score (nSPS) is 22.2. The maximum atomic E-state index is 12.0. The molecule has 0 amide bonds. The first-order valence-corrected chi connectivity index (χ1v) is 7.11. The second-order valence-electron chi connectivity index (χ2n) is 5.27. The number of hydrogen-bond donors (Lipinski definition) is 2. The molecule has 1 saturated carbocycles. The van der Waals surface area contributed by atoms with Crippen LogP contribution in [-0.2, 0) is 4.79 Å². The fraction of sp³-hybridized carbons (Fsp3) is 0.357. The van der Waals surface area contributed by atoms with Crippen LogP contribution >= 0.6 is 11.6 Å². The third-order valence-corrected chi connectivity index (χ3v) is 3.93. The Bertz CT molecular complexity index is 658. The van der Waals surface area contributed by atoms with E-state index in [0.29, 0.717) is 23.7 Å². The van der Waals surface area contributed by atoms with E-state index in [1.54, 1.807) is 0 Å². The predicted molar refractivity (Wildman–Crippen MR) is 79.2 cm³/mol. The number of halogens is 1. The number of nitrogens with one attached hydrogen (secondary N) is 1. The van der Waals surface area contributed by atoms with Crippen molar-refractivity contribution in [3.05, 3.63) is 34.9 Å². The lowest BCUT2D eigenvalue weighted by Gasteiger charge is -2.29. The molecule has 0 aliphatic heterocycles. The van der Waals surface area contributed by atoms with E-state index in [0.717, 1.165) is 12.0 Å². The van der Waals surface area contributed by atoms with Crippen LogP contribution in [0.15, 0.2) is 28.9 Å². The summed E-state index contributed by atoms with van der Waals surface area (Å²) in [4.78, 5) is 12.0. The Hall–Kier alpha value is -2.08. The molecule has 0 bridgehead atoms. The van der Waals surface area contributed by atoms with E-state index < -0.39 is 0 Å². The summed E-state index contributed by atoms with van der Waals surface area (Å²) in [7, 11) is 0. The number of benzene rings is 1. The van der Waals surface area contributed by atoms with E-state index in [9.17, 15) is 4.79 Å². The summed E-state index contributed by atoms with van der Waals surface area (Å²) in [5, 5.41) is 11.0. The number of hydrogen-bond acceptors (Lipinski definition) is 6. The Morgan fingerprint density at radius 2 is 2.19 bits per heavy atom. The van der Waals surface area contributed by atoms with Gasteiger partial charge in [0, 0.05) is 23.9 Å². The first-order valence-electron chi connectivity index (χ1n) is 6.73. The van der Waals surface area contributed by atoms with Gasteiger partial charge in [-0.25, -0.2) is 4.63 Å². The van der Waals surface area contributed by atoms with Crippen LogP contribution in [0.4, 0.5) is 11.6 Å². The van der Waals surface area contributed by atoms with Gasteiger partial charge in [-0.1, -0.05) is 23.7 Å². The van der Waals surface area contributed by atoms with E-state index in [-0.39, 0.29) is 23.6 Å². The van der Waals surface area contributed by atoms with Gasteiger partial charge in [-0.3, -0.25) is 4.79 Å². The van der Waals surface area contributed by atoms with Gasteiger partial charge in [0.2, 0.25) is 11.6 Å². The van der Waals surface area contributed by atoms with Gasteiger partial charge in [0.1, 0.15) is 5.78 Å². The molecular weight excluding hydrogens is 292 g/mol. The molecule has 7 heteroatoms. The standard InChI is InChI=1S/C14H15ClN4O2/c15-10-3-1-2-8(4-10)9-5-11(7-12(20)6-9)17-14-13(16)18-21-19-14/h1-4,9,11H,5-7H2,(H2,16,18)(H,17,19)/t9-,11+/m1/s1. The van der Waals surface area contributed by atoms with Gasteiger partial charge in [0.25, 0.3) is 0 Å². The van der Waals surface area contributed by atoms with Crippen molar-refractivity contribution in [2.45, 2.75) is 31.2 Å². The van der Waals surface area contributed by atoms with Crippen LogP contribution in [0.1, 0.15) is 30.7 Å². The van der Waals surface area contributed by atoms with Crippen molar-refractivity contribution >= 4 is 29.0 Å². The lowest BCUT2D eigenvalue weighted by atomic mass is 9.80. The molecule has 2 atom stereocenters. The number of aromatic nitrogens is 2. The SMILES string of the molecule is Nc1nonc1N[C@@H]1CC(=O)C[C@H](c2cccc(Cl)c2)C1. The van der Waals surface area contributed by atoms with Crippen LogP contribution in [0, 0.1) is 0 Å². The van der Waals surface area contributed by atoms with E-state index in [4.69, 9.17) is 17.3 Å². The van der Waals surface area contributed by atoms with Crippen molar-refractivity contribution in [2.24, 2.45) is 0 Å². The van der Waals surface area contributed by atoms with Gasteiger partial charge in [-0.2, -0.15) is 0 Å². The van der Waals surface area contributed by atoms with Crippen LogP contribution in [0.25, 0.3) is 0 Å². The molecular formula is C14H15ClN4O2. The summed E-state index contributed by atoms with van der Waals surface area (Å²) in [6, 6.07) is 7.60. The average molecular weight is 307 g/mol. The fourth-order valence-corrected chi connectivity index (χ4v) is 2.96. The first kappa shape index (κ1) is 13.9. The van der Waals surface area contributed by atoms with Gasteiger partial charge in [-0.05, 0) is 40.3 Å². The molecule has 110 valence electrons. The number of ketones is 1. The predicted octanol–water partition coefficient (Wildman–Crippen LogP) is 2.62. The van der Waals surface area contributed by atoms with Gasteiger partial charge in [0.15, 0.2) is 0 Å². The summed E-state index contributed by atoms with van der Waals surface area (Å²) in [5.74, 6) is 0.939. The molecule has 3 rings (SSSR count). The Morgan fingerprint density at radius 3 is 2.90 bits per heavy atom. The first-order chi connectivity index (χ1) is 10.1. The second kappa shape index (κ2) is 5.73. The smallest absolute Gasteiger partial charge is 0.215 e. The molecule has 1 heterocycles. The number of anilines is 2. The molecule has 1 aliphatic carbocycles. The van der Waals surface area contributed by atoms with Gasteiger partial charge >= 0.3 is 0 Å². The zero-order valence-corrected chi connectivity index (χ0v) is 12.0. The Morgan fingerprint density at radius 1 is 1.33 bits per heavy atom. The van der Waals surface area contributed by atoms with Crippen LogP contribution < -0.4 is 11.1 Å². The topological polar surface area (TPSA) is 94.0 Å². The molecule has 0 unspecified atom stereocenters. The summed E-state index contributed by atoms with van der Waals surface area (Å²) < 4.78 is 4.55. The van der Waals surface area contributed by atoms with Crippen LogP contribution in [0.2, 0.25) is 5.02 Å². The molecule has 21 heavy (non-hydrogen) atoms. The highest BCUT2D eigenvalue weighted by Crippen LogP contribution is 2.33. The Kier molecular flexibility index (Phi) is 3.79. The molecule has 1 aliphatic rings. The minimum absolute atomic E-state index is 0.0376. The number of Topliss-reactive ketones (excluding diaryl/α,β-unsaturated/α-hetero) is 1. The molecule has 1 fully saturated rings. The molecule has 0 radical (unpaired) electrons. The van der Waals surface area contributed by atoms with E-state index in [1.807, 2.05) is 24.3 Å². The highest BCUT2D eigenvalue weighted by molar-refractivity contribution is 6.30. The van der Waals surface area contributed by atoms with Crippen molar-refractivity contribution in [1.82, 2.24) is 10.3 Å². The lowest BCUT2D eigenvalue weighted by Crippen LogP contribution is -2.31. The number of nitrogen functional groups attached to an aromatic ring is 1. The lowest BCUT2D eigenvalue weighted by molar-refractivity contribution is -0.120. The van der Waals surface area contributed by atoms with Crippen molar-refractivity contribution in [2.75, 3.05) is 11.1 Å². The summed E-state index contributed by atoms with van der Waals surface area (Å²) >= 11 is 6.02. The largest absolute Gasteiger partial charge is 0.378 e. The Balaban J connectivity index is 1.75. The van der Waals surface area contributed by atoms with Crippen molar-refractivity contribution in [3.8, 4) is 0 Å². The molecule has 6 nitrogen and oxygen atoms in total. The molecule has 0 saturated heterocycles. The van der Waals surface area contributed by atoms with E-state index >= 15 is 0 Å².